The Kier molecular flexibility index (Phi) is 8.63. The number of amides is 1. The summed E-state index contributed by atoms with van der Waals surface area (Å²) in [6.07, 6.45) is 4.90. The van der Waals surface area contributed by atoms with Crippen LogP contribution in [0.15, 0.2) is 67.3 Å². The fourth-order valence-electron chi connectivity index (χ4n) is 5.62. The van der Waals surface area contributed by atoms with Gasteiger partial charge in [-0.1, -0.05) is 56.0 Å². The average Bonchev–Trinajstić information content (AvgIpc) is 3.58. The van der Waals surface area contributed by atoms with Crippen LogP contribution in [0.1, 0.15) is 33.3 Å². The molecule has 0 bridgehead atoms. The second-order valence-electron chi connectivity index (χ2n) is 12.7. The van der Waals surface area contributed by atoms with E-state index in [1.165, 1.54) is 11.6 Å². The zero-order valence-electron chi connectivity index (χ0n) is 25.7. The standard InChI is InChI=1S/C33H39FN6O3Si/c1-23-17-39-19-25(16-28(34)32(39)36-23)37-33(41)27-11-10-26(29-20-38(12-13-43-29)18-24-8-6-5-7-9-24)31-30(27)35-21-40(31)22-42-14-15-44(2,3)4/h5-11,16-17,19,21,29H,12-15,18,20,22H2,1-4H3,(H,37,41). The average molecular weight is 615 g/mol. The number of imidazole rings is 2. The van der Waals surface area contributed by atoms with Crippen molar-refractivity contribution in [3.05, 3.63) is 95.5 Å². The monoisotopic (exact) mass is 614 g/mol. The maximum atomic E-state index is 14.7. The molecule has 0 spiro atoms. The van der Waals surface area contributed by atoms with E-state index >= 15 is 0 Å². The maximum Gasteiger partial charge on any atom is 0.257 e. The number of carbonyl (C=O) groups excluding carboxylic acids is 1. The summed E-state index contributed by atoms with van der Waals surface area (Å²) in [4.78, 5) is 24.9. The number of rotatable bonds is 10. The zero-order valence-corrected chi connectivity index (χ0v) is 26.7. The lowest BCUT2D eigenvalue weighted by atomic mass is 10.0. The van der Waals surface area contributed by atoms with Crippen LogP contribution in [0.4, 0.5) is 10.1 Å². The number of hydrogen-bond acceptors (Lipinski definition) is 6. The molecule has 1 atom stereocenters. The van der Waals surface area contributed by atoms with Crippen LogP contribution in [0.5, 0.6) is 0 Å². The third-order valence-electron chi connectivity index (χ3n) is 7.90. The molecule has 1 N–H and O–H groups in total. The lowest BCUT2D eigenvalue weighted by Gasteiger charge is -2.33. The third-order valence-corrected chi connectivity index (χ3v) is 9.60. The fourth-order valence-corrected chi connectivity index (χ4v) is 6.37. The molecule has 0 saturated carbocycles. The van der Waals surface area contributed by atoms with Gasteiger partial charge >= 0.3 is 0 Å². The van der Waals surface area contributed by atoms with Gasteiger partial charge in [-0.25, -0.2) is 14.4 Å². The summed E-state index contributed by atoms with van der Waals surface area (Å²) in [5, 5.41) is 2.86. The molecular formula is C33H39FN6O3Si. The van der Waals surface area contributed by atoms with Crippen LogP contribution in [0.25, 0.3) is 16.7 Å². The summed E-state index contributed by atoms with van der Waals surface area (Å²) < 4.78 is 30.7. The highest BCUT2D eigenvalue weighted by molar-refractivity contribution is 6.76. The summed E-state index contributed by atoms with van der Waals surface area (Å²) in [6, 6.07) is 16.5. The summed E-state index contributed by atoms with van der Waals surface area (Å²) in [6.45, 7) is 12.7. The van der Waals surface area contributed by atoms with E-state index in [0.29, 0.717) is 49.0 Å². The third kappa shape index (κ3) is 6.76. The first kappa shape index (κ1) is 30.1. The minimum atomic E-state index is -1.25. The predicted molar refractivity (Wildman–Crippen MR) is 172 cm³/mol. The van der Waals surface area contributed by atoms with Gasteiger partial charge in [-0.2, -0.15) is 0 Å². The van der Waals surface area contributed by atoms with Gasteiger partial charge in [0.05, 0.1) is 41.5 Å². The van der Waals surface area contributed by atoms with Crippen molar-refractivity contribution in [3.63, 3.8) is 0 Å². The number of nitrogens with zero attached hydrogens (tertiary/aromatic N) is 5. The Morgan fingerprint density at radius 2 is 1.98 bits per heavy atom. The van der Waals surface area contributed by atoms with Gasteiger partial charge in [0.2, 0.25) is 0 Å². The van der Waals surface area contributed by atoms with Crippen LogP contribution in [-0.4, -0.2) is 64.1 Å². The summed E-state index contributed by atoms with van der Waals surface area (Å²) in [5.74, 6) is -0.886. The van der Waals surface area contributed by atoms with Gasteiger partial charge in [0.1, 0.15) is 12.2 Å². The highest BCUT2D eigenvalue weighted by Crippen LogP contribution is 2.32. The second-order valence-corrected chi connectivity index (χ2v) is 18.3. The van der Waals surface area contributed by atoms with Crippen molar-refractivity contribution in [2.75, 3.05) is 31.6 Å². The molecule has 44 heavy (non-hydrogen) atoms. The van der Waals surface area contributed by atoms with Crippen molar-refractivity contribution in [1.29, 1.82) is 0 Å². The number of aromatic nitrogens is 4. The molecule has 5 aromatic rings. The molecule has 1 saturated heterocycles. The summed E-state index contributed by atoms with van der Waals surface area (Å²) in [5.41, 5.74) is 5.21. The molecule has 11 heteroatoms. The second kappa shape index (κ2) is 12.6. The Morgan fingerprint density at radius 3 is 2.77 bits per heavy atom. The molecule has 2 aromatic carbocycles. The molecule has 1 aliphatic heterocycles. The Bertz CT molecular complexity index is 1780. The number of carbonyl (C=O) groups is 1. The first-order valence-corrected chi connectivity index (χ1v) is 18.7. The smallest absolute Gasteiger partial charge is 0.257 e. The number of morpholine rings is 1. The van der Waals surface area contributed by atoms with E-state index in [0.717, 1.165) is 30.2 Å². The molecule has 6 rings (SSSR count). The molecule has 0 aliphatic carbocycles. The molecule has 1 amide bonds. The Balaban J connectivity index is 1.30. The molecule has 9 nitrogen and oxygen atoms in total. The molecule has 0 radical (unpaired) electrons. The van der Waals surface area contributed by atoms with Gasteiger partial charge in [-0.05, 0) is 24.6 Å². The molecule has 1 fully saturated rings. The molecule has 3 aromatic heterocycles. The SMILES string of the molecule is Cc1cn2cc(NC(=O)c3ccc(C4CN(Cc5ccccc5)CCO4)c4c3ncn4COCC[Si](C)(C)C)cc(F)c2n1. The summed E-state index contributed by atoms with van der Waals surface area (Å²) in [7, 11) is -1.25. The van der Waals surface area contributed by atoms with E-state index in [2.05, 4.69) is 59.1 Å². The fraction of sp³-hybridized carbons (Fsp3) is 0.364. The predicted octanol–water partition coefficient (Wildman–Crippen LogP) is 6.27. The number of hydrogen-bond donors (Lipinski definition) is 1. The highest BCUT2D eigenvalue weighted by atomic mass is 28.3. The summed E-state index contributed by atoms with van der Waals surface area (Å²) >= 11 is 0. The minimum Gasteiger partial charge on any atom is -0.371 e. The van der Waals surface area contributed by atoms with Crippen molar-refractivity contribution in [1.82, 2.24) is 23.8 Å². The lowest BCUT2D eigenvalue weighted by Crippen LogP contribution is -2.38. The number of ether oxygens (including phenoxy) is 2. The molecular weight excluding hydrogens is 575 g/mol. The molecule has 1 aliphatic rings. The number of nitrogens with one attached hydrogen (secondary N) is 1. The normalized spacial score (nSPS) is 16.2. The number of pyridine rings is 1. The van der Waals surface area contributed by atoms with Crippen molar-refractivity contribution >= 4 is 36.3 Å². The van der Waals surface area contributed by atoms with Crippen molar-refractivity contribution in [2.45, 2.75) is 52.0 Å². The van der Waals surface area contributed by atoms with Crippen LogP contribution < -0.4 is 5.32 Å². The van der Waals surface area contributed by atoms with E-state index < -0.39 is 13.9 Å². The number of aryl methyl sites for hydroxylation is 1. The number of fused-ring (bicyclic) bond motifs is 2. The largest absolute Gasteiger partial charge is 0.371 e. The zero-order chi connectivity index (χ0) is 30.8. The highest BCUT2D eigenvalue weighted by Gasteiger charge is 2.27. The van der Waals surface area contributed by atoms with E-state index in [4.69, 9.17) is 14.5 Å². The van der Waals surface area contributed by atoms with Crippen LogP contribution >= 0.6 is 0 Å². The van der Waals surface area contributed by atoms with Gasteiger partial charge in [-0.15, -0.1) is 0 Å². The number of halogens is 1. The van der Waals surface area contributed by atoms with Crippen molar-refractivity contribution in [2.24, 2.45) is 0 Å². The van der Waals surface area contributed by atoms with Crippen LogP contribution in [0.3, 0.4) is 0 Å². The maximum absolute atomic E-state index is 14.7. The van der Waals surface area contributed by atoms with E-state index in [-0.39, 0.29) is 17.7 Å². The van der Waals surface area contributed by atoms with Crippen molar-refractivity contribution < 1.29 is 18.7 Å². The van der Waals surface area contributed by atoms with Crippen LogP contribution in [-0.2, 0) is 22.7 Å². The van der Waals surface area contributed by atoms with E-state index in [9.17, 15) is 9.18 Å². The molecule has 230 valence electrons. The topological polar surface area (TPSA) is 85.9 Å². The quantitative estimate of drug-likeness (QED) is 0.147. The first-order valence-electron chi connectivity index (χ1n) is 15.0. The van der Waals surface area contributed by atoms with E-state index in [1.807, 2.05) is 16.7 Å². The van der Waals surface area contributed by atoms with E-state index in [1.54, 1.807) is 36.1 Å². The van der Waals surface area contributed by atoms with Crippen LogP contribution in [0, 0.1) is 12.7 Å². The Labute approximate surface area is 257 Å². The van der Waals surface area contributed by atoms with Gasteiger partial charge < -0.3 is 23.8 Å². The van der Waals surface area contributed by atoms with Gasteiger partial charge in [0, 0.05) is 58.3 Å². The van der Waals surface area contributed by atoms with Gasteiger partial charge in [0.25, 0.3) is 5.91 Å². The van der Waals surface area contributed by atoms with Crippen LogP contribution in [0.2, 0.25) is 25.7 Å². The molecule has 1 unspecified atom stereocenters. The Morgan fingerprint density at radius 1 is 1.16 bits per heavy atom. The molecule has 4 heterocycles. The minimum absolute atomic E-state index is 0.203. The number of benzene rings is 2. The lowest BCUT2D eigenvalue weighted by molar-refractivity contribution is -0.0324. The number of anilines is 1. The Hall–Kier alpha value is -3.90. The van der Waals surface area contributed by atoms with Crippen molar-refractivity contribution in [3.8, 4) is 0 Å². The van der Waals surface area contributed by atoms with Gasteiger partial charge in [-0.3, -0.25) is 9.69 Å². The van der Waals surface area contributed by atoms with Gasteiger partial charge in [0.15, 0.2) is 11.5 Å². The first-order chi connectivity index (χ1) is 21.1.